The smallest absolute Gasteiger partial charge is 0.317 e. The summed E-state index contributed by atoms with van der Waals surface area (Å²) in [6.45, 7) is 3.94. The molecule has 0 aliphatic carbocycles. The molecule has 0 saturated heterocycles. The SMILES string of the molecule is CN(Cc1cccc(C#N)c1)C(=O)NCCN1CCc2ccccc2C1. The van der Waals surface area contributed by atoms with Crippen LogP contribution in [0.4, 0.5) is 4.79 Å². The van der Waals surface area contributed by atoms with Crippen LogP contribution in [0, 0.1) is 11.3 Å². The van der Waals surface area contributed by atoms with Gasteiger partial charge in [0.2, 0.25) is 0 Å². The number of nitrogens with one attached hydrogen (secondary N) is 1. The molecule has 26 heavy (non-hydrogen) atoms. The first-order chi connectivity index (χ1) is 12.7. The van der Waals surface area contributed by atoms with E-state index in [0.717, 1.165) is 31.6 Å². The lowest BCUT2D eigenvalue weighted by atomic mass is 10.00. The van der Waals surface area contributed by atoms with Gasteiger partial charge in [0, 0.05) is 39.8 Å². The van der Waals surface area contributed by atoms with Gasteiger partial charge in [0.25, 0.3) is 0 Å². The van der Waals surface area contributed by atoms with Crippen molar-refractivity contribution in [1.82, 2.24) is 15.1 Å². The fourth-order valence-corrected chi connectivity index (χ4v) is 3.29. The maximum Gasteiger partial charge on any atom is 0.317 e. The van der Waals surface area contributed by atoms with Crippen LogP contribution in [-0.4, -0.2) is 42.5 Å². The molecule has 3 rings (SSSR count). The second-order valence-electron chi connectivity index (χ2n) is 6.70. The summed E-state index contributed by atoms with van der Waals surface area (Å²) < 4.78 is 0. The van der Waals surface area contributed by atoms with E-state index in [9.17, 15) is 4.79 Å². The van der Waals surface area contributed by atoms with E-state index >= 15 is 0 Å². The summed E-state index contributed by atoms with van der Waals surface area (Å²) in [5.74, 6) is 0. The van der Waals surface area contributed by atoms with Gasteiger partial charge in [-0.2, -0.15) is 5.26 Å². The number of hydrogen-bond donors (Lipinski definition) is 1. The van der Waals surface area contributed by atoms with E-state index in [1.165, 1.54) is 11.1 Å². The highest BCUT2D eigenvalue weighted by atomic mass is 16.2. The minimum Gasteiger partial charge on any atom is -0.337 e. The van der Waals surface area contributed by atoms with Crippen LogP contribution in [0.2, 0.25) is 0 Å². The summed E-state index contributed by atoms with van der Waals surface area (Å²) >= 11 is 0. The van der Waals surface area contributed by atoms with Gasteiger partial charge in [0.15, 0.2) is 0 Å². The fourth-order valence-electron chi connectivity index (χ4n) is 3.29. The lowest BCUT2D eigenvalue weighted by Crippen LogP contribution is -2.42. The molecule has 5 nitrogen and oxygen atoms in total. The fraction of sp³-hybridized carbons (Fsp3) is 0.333. The van der Waals surface area contributed by atoms with Crippen LogP contribution in [0.1, 0.15) is 22.3 Å². The Balaban J connectivity index is 1.43. The summed E-state index contributed by atoms with van der Waals surface area (Å²) in [7, 11) is 1.77. The Morgan fingerprint density at radius 2 is 2.04 bits per heavy atom. The molecule has 1 aliphatic heterocycles. The van der Waals surface area contributed by atoms with Crippen LogP contribution in [0.5, 0.6) is 0 Å². The molecule has 0 bridgehead atoms. The summed E-state index contributed by atoms with van der Waals surface area (Å²) in [4.78, 5) is 16.3. The molecule has 1 N–H and O–H groups in total. The average molecular weight is 348 g/mol. The van der Waals surface area contributed by atoms with Gasteiger partial charge in [-0.25, -0.2) is 4.79 Å². The van der Waals surface area contributed by atoms with Crippen LogP contribution >= 0.6 is 0 Å². The molecule has 134 valence electrons. The summed E-state index contributed by atoms with van der Waals surface area (Å²) in [5, 5.41) is 11.9. The van der Waals surface area contributed by atoms with Crippen LogP contribution in [0.3, 0.4) is 0 Å². The molecule has 1 heterocycles. The average Bonchev–Trinajstić information content (AvgIpc) is 2.68. The van der Waals surface area contributed by atoms with E-state index in [1.54, 1.807) is 18.0 Å². The number of carbonyl (C=O) groups is 1. The summed E-state index contributed by atoms with van der Waals surface area (Å²) in [5.41, 5.74) is 4.39. The van der Waals surface area contributed by atoms with Gasteiger partial charge in [-0.15, -0.1) is 0 Å². The maximum atomic E-state index is 12.3. The highest BCUT2D eigenvalue weighted by molar-refractivity contribution is 5.73. The Bertz CT molecular complexity index is 812. The molecule has 5 heteroatoms. The molecule has 0 unspecified atom stereocenters. The van der Waals surface area contributed by atoms with Gasteiger partial charge in [-0.05, 0) is 35.2 Å². The first kappa shape index (κ1) is 18.0. The Kier molecular flexibility index (Phi) is 5.88. The zero-order valence-corrected chi connectivity index (χ0v) is 15.1. The number of hydrogen-bond acceptors (Lipinski definition) is 3. The first-order valence-corrected chi connectivity index (χ1v) is 8.93. The van der Waals surface area contributed by atoms with Crippen LogP contribution in [0.25, 0.3) is 0 Å². The predicted molar refractivity (Wildman–Crippen MR) is 101 cm³/mol. The van der Waals surface area contributed by atoms with E-state index in [1.807, 2.05) is 18.2 Å². The number of amides is 2. The van der Waals surface area contributed by atoms with Crippen molar-refractivity contribution in [3.8, 4) is 6.07 Å². The van der Waals surface area contributed by atoms with Gasteiger partial charge in [0.05, 0.1) is 11.6 Å². The standard InChI is InChI=1S/C21H24N4O/c1-24(15-18-6-4-5-17(13-18)14-22)21(26)23-10-12-25-11-9-19-7-2-3-8-20(19)16-25/h2-8,13H,9-12,15-16H2,1H3,(H,23,26). The predicted octanol–water partition coefficient (Wildman–Crippen LogP) is 2.76. The number of carbonyl (C=O) groups excluding carboxylic acids is 1. The van der Waals surface area contributed by atoms with E-state index in [4.69, 9.17) is 5.26 Å². The van der Waals surface area contributed by atoms with Crippen molar-refractivity contribution in [3.63, 3.8) is 0 Å². The molecule has 2 aromatic carbocycles. The van der Waals surface area contributed by atoms with Gasteiger partial charge in [-0.3, -0.25) is 4.90 Å². The largest absolute Gasteiger partial charge is 0.337 e. The molecule has 2 amide bonds. The zero-order valence-electron chi connectivity index (χ0n) is 15.1. The number of nitriles is 1. The van der Waals surface area contributed by atoms with Crippen molar-refractivity contribution in [1.29, 1.82) is 5.26 Å². The quantitative estimate of drug-likeness (QED) is 0.904. The van der Waals surface area contributed by atoms with Crippen molar-refractivity contribution in [2.45, 2.75) is 19.5 Å². The molecule has 0 radical (unpaired) electrons. The Morgan fingerprint density at radius 3 is 2.85 bits per heavy atom. The minimum absolute atomic E-state index is 0.0928. The molecule has 0 aromatic heterocycles. The monoisotopic (exact) mass is 348 g/mol. The molecule has 1 aliphatic rings. The molecule has 2 aromatic rings. The van der Waals surface area contributed by atoms with Crippen LogP contribution < -0.4 is 5.32 Å². The normalized spacial score (nSPS) is 13.5. The summed E-state index contributed by atoms with van der Waals surface area (Å²) in [6, 6.07) is 17.9. The van der Waals surface area contributed by atoms with E-state index < -0.39 is 0 Å². The lowest BCUT2D eigenvalue weighted by Gasteiger charge is -2.29. The first-order valence-electron chi connectivity index (χ1n) is 8.93. The Labute approximate surface area is 154 Å². The third-order valence-electron chi connectivity index (χ3n) is 4.74. The van der Waals surface area contributed by atoms with Crippen molar-refractivity contribution in [2.24, 2.45) is 0 Å². The Morgan fingerprint density at radius 1 is 1.23 bits per heavy atom. The Hall–Kier alpha value is -2.84. The molecular weight excluding hydrogens is 324 g/mol. The summed E-state index contributed by atoms with van der Waals surface area (Å²) in [6.07, 6.45) is 1.07. The number of fused-ring (bicyclic) bond motifs is 1. The topological polar surface area (TPSA) is 59.4 Å². The molecular formula is C21H24N4O. The molecule has 0 saturated carbocycles. The highest BCUT2D eigenvalue weighted by Crippen LogP contribution is 2.17. The molecule has 0 atom stereocenters. The van der Waals surface area contributed by atoms with Crippen LogP contribution in [-0.2, 0) is 19.5 Å². The van der Waals surface area contributed by atoms with Crippen molar-refractivity contribution in [2.75, 3.05) is 26.7 Å². The zero-order chi connectivity index (χ0) is 18.4. The third kappa shape index (κ3) is 4.62. The van der Waals surface area contributed by atoms with Crippen molar-refractivity contribution < 1.29 is 4.79 Å². The van der Waals surface area contributed by atoms with Gasteiger partial charge < -0.3 is 10.2 Å². The molecule has 0 spiro atoms. The number of rotatable bonds is 5. The number of benzene rings is 2. The maximum absolute atomic E-state index is 12.3. The van der Waals surface area contributed by atoms with E-state index in [2.05, 4.69) is 40.6 Å². The molecule has 0 fully saturated rings. The highest BCUT2D eigenvalue weighted by Gasteiger charge is 2.16. The second-order valence-corrected chi connectivity index (χ2v) is 6.70. The van der Waals surface area contributed by atoms with Gasteiger partial charge >= 0.3 is 6.03 Å². The van der Waals surface area contributed by atoms with Crippen LogP contribution in [0.15, 0.2) is 48.5 Å². The lowest BCUT2D eigenvalue weighted by molar-refractivity contribution is 0.201. The number of urea groups is 1. The van der Waals surface area contributed by atoms with Gasteiger partial charge in [0.1, 0.15) is 0 Å². The van der Waals surface area contributed by atoms with Gasteiger partial charge in [-0.1, -0.05) is 36.4 Å². The van der Waals surface area contributed by atoms with E-state index in [-0.39, 0.29) is 6.03 Å². The third-order valence-corrected chi connectivity index (χ3v) is 4.74. The second kappa shape index (κ2) is 8.50. The van der Waals surface area contributed by atoms with E-state index in [0.29, 0.717) is 18.7 Å². The van der Waals surface area contributed by atoms with Crippen molar-refractivity contribution in [3.05, 3.63) is 70.8 Å². The van der Waals surface area contributed by atoms with Crippen molar-refractivity contribution >= 4 is 6.03 Å². The number of nitrogens with zero attached hydrogens (tertiary/aromatic N) is 3. The minimum atomic E-state index is -0.0928.